The van der Waals surface area contributed by atoms with Crippen molar-refractivity contribution >= 4 is 52.2 Å². The van der Waals surface area contributed by atoms with Gasteiger partial charge in [0.1, 0.15) is 6.61 Å². The molecular formula is C22H19Cl2NO4S. The van der Waals surface area contributed by atoms with Crippen LogP contribution in [-0.2, 0) is 11.3 Å². The van der Waals surface area contributed by atoms with Crippen LogP contribution in [0.1, 0.15) is 18.1 Å². The zero-order valence-corrected chi connectivity index (χ0v) is 18.5. The van der Waals surface area contributed by atoms with E-state index in [2.05, 4.69) is 6.58 Å². The first-order chi connectivity index (χ1) is 14.4. The van der Waals surface area contributed by atoms with Gasteiger partial charge in [0.15, 0.2) is 11.5 Å². The lowest BCUT2D eigenvalue weighted by atomic mass is 10.1. The lowest BCUT2D eigenvalue weighted by molar-refractivity contribution is -0.123. The molecule has 2 aromatic carbocycles. The van der Waals surface area contributed by atoms with Crippen molar-refractivity contribution in [1.82, 2.24) is 4.90 Å². The highest BCUT2D eigenvalue weighted by atomic mass is 35.5. The van der Waals surface area contributed by atoms with E-state index in [0.717, 1.165) is 16.7 Å². The summed E-state index contributed by atoms with van der Waals surface area (Å²) >= 11 is 13.2. The highest BCUT2D eigenvalue weighted by Gasteiger charge is 2.35. The van der Waals surface area contributed by atoms with Crippen molar-refractivity contribution in [3.8, 4) is 11.5 Å². The van der Waals surface area contributed by atoms with Gasteiger partial charge < -0.3 is 9.47 Å². The number of benzene rings is 2. The first-order valence-electron chi connectivity index (χ1n) is 9.13. The molecule has 0 N–H and O–H groups in total. The third-order valence-electron chi connectivity index (χ3n) is 4.17. The quantitative estimate of drug-likeness (QED) is 0.344. The molecule has 1 heterocycles. The number of nitrogens with zero attached hydrogens (tertiary/aromatic N) is 1. The first-order valence-corrected chi connectivity index (χ1v) is 10.7. The van der Waals surface area contributed by atoms with Gasteiger partial charge in [-0.1, -0.05) is 48.0 Å². The van der Waals surface area contributed by atoms with Crippen LogP contribution in [0.3, 0.4) is 0 Å². The monoisotopic (exact) mass is 463 g/mol. The van der Waals surface area contributed by atoms with Crippen molar-refractivity contribution in [2.24, 2.45) is 0 Å². The molecule has 0 aliphatic carbocycles. The lowest BCUT2D eigenvalue weighted by Gasteiger charge is -2.14. The van der Waals surface area contributed by atoms with E-state index in [1.807, 2.05) is 6.92 Å². The number of hydrogen-bond acceptors (Lipinski definition) is 5. The molecule has 8 heteroatoms. The van der Waals surface area contributed by atoms with Gasteiger partial charge in [-0.2, -0.15) is 0 Å². The molecule has 0 atom stereocenters. The van der Waals surface area contributed by atoms with E-state index < -0.39 is 5.91 Å². The summed E-state index contributed by atoms with van der Waals surface area (Å²) in [6.45, 7) is 6.33. The minimum absolute atomic E-state index is 0.0129. The number of imide groups is 1. The molecule has 0 bridgehead atoms. The van der Waals surface area contributed by atoms with E-state index in [9.17, 15) is 9.59 Å². The van der Waals surface area contributed by atoms with Gasteiger partial charge in [-0.05, 0) is 54.6 Å². The summed E-state index contributed by atoms with van der Waals surface area (Å²) in [5.41, 5.74) is 1.25. The normalized spacial score (nSPS) is 15.0. The van der Waals surface area contributed by atoms with Crippen molar-refractivity contribution in [1.29, 1.82) is 0 Å². The molecule has 0 aromatic heterocycles. The summed E-state index contributed by atoms with van der Waals surface area (Å²) in [4.78, 5) is 26.7. The second kappa shape index (κ2) is 10.1. The fourth-order valence-corrected chi connectivity index (χ4v) is 4.14. The number of ether oxygens (including phenoxy) is 2. The van der Waals surface area contributed by atoms with E-state index in [1.54, 1.807) is 48.6 Å². The average Bonchev–Trinajstić information content (AvgIpc) is 2.97. The first kappa shape index (κ1) is 22.3. The van der Waals surface area contributed by atoms with E-state index in [-0.39, 0.29) is 11.8 Å². The molecule has 3 rings (SSSR count). The number of carbonyl (C=O) groups excluding carboxylic acids is 2. The maximum absolute atomic E-state index is 12.8. The van der Waals surface area contributed by atoms with Gasteiger partial charge >= 0.3 is 0 Å². The number of amides is 2. The molecule has 1 aliphatic rings. The fraction of sp³-hybridized carbons (Fsp3) is 0.182. The molecule has 0 saturated carbocycles. The van der Waals surface area contributed by atoms with Crippen LogP contribution in [0.4, 0.5) is 4.79 Å². The molecule has 1 saturated heterocycles. The third kappa shape index (κ3) is 5.01. The van der Waals surface area contributed by atoms with Gasteiger partial charge in [0.25, 0.3) is 11.1 Å². The van der Waals surface area contributed by atoms with Crippen LogP contribution in [0, 0.1) is 0 Å². The minimum Gasteiger partial charge on any atom is -0.490 e. The molecule has 156 valence electrons. The van der Waals surface area contributed by atoms with Crippen molar-refractivity contribution in [3.63, 3.8) is 0 Å². The van der Waals surface area contributed by atoms with Crippen LogP contribution in [0.2, 0.25) is 10.0 Å². The summed E-state index contributed by atoms with van der Waals surface area (Å²) in [6.07, 6.45) is 3.30. The second-order valence-corrected chi connectivity index (χ2v) is 8.01. The predicted molar refractivity (Wildman–Crippen MR) is 121 cm³/mol. The smallest absolute Gasteiger partial charge is 0.293 e. The Hall–Kier alpha value is -2.41. The van der Waals surface area contributed by atoms with Crippen molar-refractivity contribution < 1.29 is 19.1 Å². The van der Waals surface area contributed by atoms with E-state index in [4.69, 9.17) is 32.7 Å². The molecule has 0 unspecified atom stereocenters. The van der Waals surface area contributed by atoms with E-state index in [0.29, 0.717) is 50.8 Å². The number of thioether (sulfide) groups is 1. The molecule has 1 fully saturated rings. The average molecular weight is 464 g/mol. The zero-order chi connectivity index (χ0) is 21.7. The molecule has 1 aliphatic heterocycles. The summed E-state index contributed by atoms with van der Waals surface area (Å²) in [7, 11) is 0. The summed E-state index contributed by atoms with van der Waals surface area (Å²) < 4.78 is 11.2. The van der Waals surface area contributed by atoms with Gasteiger partial charge in [0, 0.05) is 15.6 Å². The largest absolute Gasteiger partial charge is 0.490 e. The number of halogens is 2. The Labute approximate surface area is 189 Å². The Bertz CT molecular complexity index is 1000. The zero-order valence-electron chi connectivity index (χ0n) is 16.2. The summed E-state index contributed by atoms with van der Waals surface area (Å²) in [6, 6.07) is 10.4. The predicted octanol–water partition coefficient (Wildman–Crippen LogP) is 6.19. The Morgan fingerprint density at radius 1 is 1.10 bits per heavy atom. The number of hydrogen-bond donors (Lipinski definition) is 0. The molecule has 5 nitrogen and oxygen atoms in total. The van der Waals surface area contributed by atoms with Crippen LogP contribution >= 0.6 is 35.0 Å². The standard InChI is InChI=1S/C22H19Cl2NO4S/c1-3-10-29-18-9-8-14(11-19(18)28-4-2)12-20-21(26)25(22(27)30-20)13-15-16(23)6-5-7-17(15)24/h3,5-9,11-12H,1,4,10,13H2,2H3. The second-order valence-electron chi connectivity index (χ2n) is 6.21. The van der Waals surface area contributed by atoms with Gasteiger partial charge in [-0.25, -0.2) is 0 Å². The molecule has 2 aromatic rings. The maximum atomic E-state index is 12.8. The maximum Gasteiger partial charge on any atom is 0.293 e. The van der Waals surface area contributed by atoms with E-state index in [1.165, 1.54) is 0 Å². The van der Waals surface area contributed by atoms with Crippen molar-refractivity contribution in [3.05, 3.63) is 75.1 Å². The van der Waals surface area contributed by atoms with Crippen LogP contribution < -0.4 is 9.47 Å². The van der Waals surface area contributed by atoms with Crippen LogP contribution in [0.5, 0.6) is 11.5 Å². The SMILES string of the molecule is C=CCOc1ccc(C=C2SC(=O)N(Cc3c(Cl)cccc3Cl)C2=O)cc1OCC. The fourth-order valence-electron chi connectivity index (χ4n) is 2.78. The molecule has 0 radical (unpaired) electrons. The van der Waals surface area contributed by atoms with Gasteiger partial charge in [-0.15, -0.1) is 0 Å². The molecule has 2 amide bonds. The Morgan fingerprint density at radius 2 is 1.83 bits per heavy atom. The molecule has 30 heavy (non-hydrogen) atoms. The van der Waals surface area contributed by atoms with Gasteiger partial charge in [-0.3, -0.25) is 14.5 Å². The summed E-state index contributed by atoms with van der Waals surface area (Å²) in [5, 5.41) is 0.433. The highest BCUT2D eigenvalue weighted by Crippen LogP contribution is 2.37. The Kier molecular flexibility index (Phi) is 7.48. The summed E-state index contributed by atoms with van der Waals surface area (Å²) in [5.74, 6) is 0.733. The van der Waals surface area contributed by atoms with Crippen LogP contribution in [-0.4, -0.2) is 29.3 Å². The third-order valence-corrected chi connectivity index (χ3v) is 5.79. The van der Waals surface area contributed by atoms with Crippen molar-refractivity contribution in [2.45, 2.75) is 13.5 Å². The van der Waals surface area contributed by atoms with Crippen LogP contribution in [0.25, 0.3) is 6.08 Å². The lowest BCUT2D eigenvalue weighted by Crippen LogP contribution is -2.27. The van der Waals surface area contributed by atoms with E-state index >= 15 is 0 Å². The van der Waals surface area contributed by atoms with Gasteiger partial charge in [0.2, 0.25) is 0 Å². The van der Waals surface area contributed by atoms with Crippen LogP contribution in [0.15, 0.2) is 54.0 Å². The number of rotatable bonds is 8. The molecular weight excluding hydrogens is 445 g/mol. The number of carbonyl (C=O) groups is 2. The molecule has 0 spiro atoms. The van der Waals surface area contributed by atoms with Crippen molar-refractivity contribution in [2.75, 3.05) is 13.2 Å². The minimum atomic E-state index is -0.397. The Balaban J connectivity index is 1.84. The topological polar surface area (TPSA) is 55.8 Å². The van der Waals surface area contributed by atoms with Gasteiger partial charge in [0.05, 0.1) is 18.1 Å². The highest BCUT2D eigenvalue weighted by molar-refractivity contribution is 8.18. The Morgan fingerprint density at radius 3 is 2.50 bits per heavy atom.